The predicted octanol–water partition coefficient (Wildman–Crippen LogP) is -0.577. The molecule has 1 amide bonds. The highest BCUT2D eigenvalue weighted by Crippen LogP contribution is 2.32. The number of amides is 1. The average molecular weight is 452 g/mol. The second-order valence-corrected chi connectivity index (χ2v) is 7.77. The van der Waals surface area contributed by atoms with Crippen LogP contribution in [-0.4, -0.2) is 65.6 Å². The molecule has 0 bridgehead atoms. The smallest absolute Gasteiger partial charge is 0.252 e. The van der Waals surface area contributed by atoms with Crippen LogP contribution in [0.3, 0.4) is 0 Å². The first kappa shape index (κ1) is 22.6. The number of ether oxygens (including phenoxy) is 1. The number of hydrogen-bond acceptors (Lipinski definition) is 9. The summed E-state index contributed by atoms with van der Waals surface area (Å²) in [5.41, 5.74) is 5.60. The number of carbonyl (C=O) groups excluding carboxylic acids is 1. The van der Waals surface area contributed by atoms with Gasteiger partial charge in [-0.15, -0.1) is 0 Å². The molecule has 1 aliphatic rings. The van der Waals surface area contributed by atoms with Crippen molar-refractivity contribution in [2.45, 2.75) is 44.0 Å². The van der Waals surface area contributed by atoms with E-state index in [0.29, 0.717) is 12.1 Å². The quantitative estimate of drug-likeness (QED) is 0.325. The summed E-state index contributed by atoms with van der Waals surface area (Å²) < 4.78 is 7.00. The van der Waals surface area contributed by atoms with Gasteiger partial charge in [-0.3, -0.25) is 9.36 Å². The SMILES string of the molecule is CCNC(=O)[C@H]1O[C@@H](n2cnc3c(N)nc(C#CC(C)(O)c4ccccc4)nc32)[C@H](O)[C@@H]1O. The third-order valence-corrected chi connectivity index (χ3v) is 5.32. The van der Waals surface area contributed by atoms with E-state index in [0.717, 1.165) is 0 Å². The number of carbonyl (C=O) groups is 1. The Morgan fingerprint density at radius 1 is 1.27 bits per heavy atom. The Kier molecular flexibility index (Phi) is 6.01. The molecule has 5 atom stereocenters. The molecule has 0 aliphatic carbocycles. The number of aromatic nitrogens is 4. The molecule has 4 rings (SSSR count). The largest absolute Gasteiger partial charge is 0.387 e. The van der Waals surface area contributed by atoms with E-state index in [1.54, 1.807) is 38.1 Å². The number of nitrogens with zero attached hydrogens (tertiary/aromatic N) is 4. The molecule has 1 unspecified atom stereocenters. The third-order valence-electron chi connectivity index (χ3n) is 5.32. The number of anilines is 1. The van der Waals surface area contributed by atoms with Crippen LogP contribution in [-0.2, 0) is 15.1 Å². The summed E-state index contributed by atoms with van der Waals surface area (Å²) in [6, 6.07) is 8.91. The molecule has 11 nitrogen and oxygen atoms in total. The maximum absolute atomic E-state index is 12.2. The van der Waals surface area contributed by atoms with Gasteiger partial charge in [0.1, 0.15) is 23.3 Å². The molecule has 2 aromatic heterocycles. The molecule has 0 radical (unpaired) electrons. The lowest BCUT2D eigenvalue weighted by molar-refractivity contribution is -0.137. The van der Waals surface area contributed by atoms with E-state index < -0.39 is 36.0 Å². The van der Waals surface area contributed by atoms with Crippen molar-refractivity contribution in [2.24, 2.45) is 0 Å². The highest BCUT2D eigenvalue weighted by atomic mass is 16.6. The minimum absolute atomic E-state index is 0.0197. The summed E-state index contributed by atoms with van der Waals surface area (Å²) in [5.74, 6) is 4.98. The van der Waals surface area contributed by atoms with Crippen LogP contribution < -0.4 is 11.1 Å². The Bertz CT molecular complexity index is 1230. The number of imidazole rings is 1. The molecule has 3 aromatic rings. The number of benzene rings is 1. The van der Waals surface area contributed by atoms with Crippen LogP contribution in [0.1, 0.15) is 31.5 Å². The zero-order valence-electron chi connectivity index (χ0n) is 18.0. The maximum Gasteiger partial charge on any atom is 0.252 e. The van der Waals surface area contributed by atoms with Gasteiger partial charge in [0, 0.05) is 6.54 Å². The number of nitrogens with two attached hydrogens (primary N) is 1. The van der Waals surface area contributed by atoms with Crippen molar-refractivity contribution in [1.82, 2.24) is 24.8 Å². The monoisotopic (exact) mass is 452 g/mol. The van der Waals surface area contributed by atoms with Crippen LogP contribution in [0.4, 0.5) is 5.82 Å². The van der Waals surface area contributed by atoms with E-state index >= 15 is 0 Å². The number of nitrogens with one attached hydrogen (secondary N) is 1. The Balaban J connectivity index is 1.69. The standard InChI is InChI=1S/C22H24N6O5/c1-3-24-20(31)17-15(29)16(30)21(33-17)28-11-25-14-18(23)26-13(27-19(14)28)9-10-22(2,32)12-7-5-4-6-8-12/h4-8,11,15-17,21,29-30,32H,3H2,1-2H3,(H,24,31)(H2,23,26,27)/t15-,16+,17-,21+,22?/m0/s1. The molecule has 0 spiro atoms. The highest BCUT2D eigenvalue weighted by molar-refractivity contribution is 5.83. The van der Waals surface area contributed by atoms with Crippen molar-refractivity contribution in [1.29, 1.82) is 0 Å². The summed E-state index contributed by atoms with van der Waals surface area (Å²) in [6.07, 6.45) is -3.94. The van der Waals surface area contributed by atoms with Gasteiger partial charge in [0.15, 0.2) is 23.8 Å². The molecule has 1 aromatic carbocycles. The number of likely N-dealkylation sites (N-methyl/N-ethyl adjacent to an activating group) is 1. The van der Waals surface area contributed by atoms with E-state index in [-0.39, 0.29) is 22.8 Å². The van der Waals surface area contributed by atoms with E-state index in [1.807, 2.05) is 6.07 Å². The second-order valence-electron chi connectivity index (χ2n) is 7.77. The fourth-order valence-corrected chi connectivity index (χ4v) is 3.57. The first-order chi connectivity index (χ1) is 15.7. The number of hydrogen-bond donors (Lipinski definition) is 5. The number of fused-ring (bicyclic) bond motifs is 1. The first-order valence-corrected chi connectivity index (χ1v) is 10.3. The van der Waals surface area contributed by atoms with Crippen molar-refractivity contribution in [3.8, 4) is 11.8 Å². The van der Waals surface area contributed by atoms with Crippen molar-refractivity contribution in [2.75, 3.05) is 12.3 Å². The summed E-state index contributed by atoms with van der Waals surface area (Å²) in [4.78, 5) is 24.8. The summed E-state index contributed by atoms with van der Waals surface area (Å²) in [6.45, 7) is 3.62. The Labute approximate surface area is 189 Å². The van der Waals surface area contributed by atoms with Gasteiger partial charge in [0.25, 0.3) is 5.91 Å². The molecule has 33 heavy (non-hydrogen) atoms. The topological polar surface area (TPSA) is 169 Å². The molecule has 172 valence electrons. The van der Waals surface area contributed by atoms with Gasteiger partial charge in [0.05, 0.1) is 6.33 Å². The number of rotatable bonds is 4. The maximum atomic E-state index is 12.2. The summed E-state index contributed by atoms with van der Waals surface area (Å²) in [7, 11) is 0. The zero-order valence-corrected chi connectivity index (χ0v) is 18.0. The predicted molar refractivity (Wildman–Crippen MR) is 117 cm³/mol. The fraction of sp³-hybridized carbons (Fsp3) is 0.364. The van der Waals surface area contributed by atoms with Crippen LogP contribution in [0.25, 0.3) is 11.2 Å². The van der Waals surface area contributed by atoms with E-state index in [2.05, 4.69) is 32.1 Å². The van der Waals surface area contributed by atoms with Crippen molar-refractivity contribution >= 4 is 22.9 Å². The van der Waals surface area contributed by atoms with Crippen LogP contribution in [0.2, 0.25) is 0 Å². The molecule has 1 saturated heterocycles. The lowest BCUT2D eigenvalue weighted by atomic mass is 9.97. The minimum Gasteiger partial charge on any atom is -0.387 e. The van der Waals surface area contributed by atoms with E-state index in [1.165, 1.54) is 10.9 Å². The van der Waals surface area contributed by atoms with Crippen molar-refractivity contribution in [3.05, 3.63) is 48.0 Å². The normalized spacial score (nSPS) is 24.2. The van der Waals surface area contributed by atoms with Gasteiger partial charge in [-0.05, 0) is 25.3 Å². The molecule has 6 N–H and O–H groups in total. The highest BCUT2D eigenvalue weighted by Gasteiger charge is 2.47. The van der Waals surface area contributed by atoms with Gasteiger partial charge in [-0.25, -0.2) is 15.0 Å². The summed E-state index contributed by atoms with van der Waals surface area (Å²) in [5, 5.41) is 34.1. The van der Waals surface area contributed by atoms with Gasteiger partial charge >= 0.3 is 0 Å². The third kappa shape index (κ3) is 4.24. The van der Waals surface area contributed by atoms with Gasteiger partial charge < -0.3 is 31.1 Å². The Morgan fingerprint density at radius 3 is 2.70 bits per heavy atom. The summed E-state index contributed by atoms with van der Waals surface area (Å²) >= 11 is 0. The van der Waals surface area contributed by atoms with Crippen LogP contribution in [0.5, 0.6) is 0 Å². The van der Waals surface area contributed by atoms with E-state index in [9.17, 15) is 20.1 Å². The van der Waals surface area contributed by atoms with Crippen LogP contribution >= 0.6 is 0 Å². The minimum atomic E-state index is -1.46. The molecule has 1 fully saturated rings. The molecule has 1 aliphatic heterocycles. The lowest BCUT2D eigenvalue weighted by Gasteiger charge is -2.17. The molecular weight excluding hydrogens is 428 g/mol. The molecule has 3 heterocycles. The van der Waals surface area contributed by atoms with Gasteiger partial charge in [-0.2, -0.15) is 0 Å². The van der Waals surface area contributed by atoms with Crippen molar-refractivity contribution < 1.29 is 24.9 Å². The van der Waals surface area contributed by atoms with Crippen LogP contribution in [0.15, 0.2) is 36.7 Å². The second kappa shape index (κ2) is 8.76. The zero-order chi connectivity index (χ0) is 23.8. The van der Waals surface area contributed by atoms with E-state index in [4.69, 9.17) is 10.5 Å². The Hall–Kier alpha value is -3.56. The van der Waals surface area contributed by atoms with Gasteiger partial charge in [0.2, 0.25) is 5.82 Å². The van der Waals surface area contributed by atoms with Crippen molar-refractivity contribution in [3.63, 3.8) is 0 Å². The number of aliphatic hydroxyl groups excluding tert-OH is 2. The van der Waals surface area contributed by atoms with Gasteiger partial charge in [-0.1, -0.05) is 36.3 Å². The number of aliphatic hydroxyl groups is 3. The number of nitrogen functional groups attached to an aromatic ring is 1. The lowest BCUT2D eigenvalue weighted by Crippen LogP contribution is -2.42. The molecular formula is C22H24N6O5. The van der Waals surface area contributed by atoms with Crippen LogP contribution in [0, 0.1) is 11.8 Å². The first-order valence-electron chi connectivity index (χ1n) is 10.3. The molecule has 0 saturated carbocycles. The fourth-order valence-electron chi connectivity index (χ4n) is 3.57. The Morgan fingerprint density at radius 2 is 2.00 bits per heavy atom. The molecule has 11 heteroatoms. The average Bonchev–Trinajstić information content (AvgIpc) is 3.35.